The molecule has 274 valence electrons. The highest BCUT2D eigenvalue weighted by molar-refractivity contribution is 6.62. The van der Waals surface area contributed by atoms with Crippen LogP contribution < -0.4 is 20.6 Å². The number of unbranched alkanes of at least 4 members (excludes halogenated alkanes) is 1. The molecule has 7 rings (SSSR count). The molecule has 3 aliphatic heterocycles. The smallest absolute Gasteiger partial charge is 0.493 e. The molecule has 3 aliphatic rings. The van der Waals surface area contributed by atoms with Crippen LogP contribution in [-0.4, -0.2) is 43.2 Å². The third-order valence-corrected chi connectivity index (χ3v) is 12.5. The number of rotatable bonds is 10. The summed E-state index contributed by atoms with van der Waals surface area (Å²) in [5, 5.41) is 2.35. The Morgan fingerprint density at radius 2 is 1.13 bits per heavy atom. The molecule has 8 heteroatoms. The average molecular weight is 702 g/mol. The number of ether oxygens (including phenoxy) is 1. The fraction of sp³-hybridized carbons (Fsp3) is 0.500. The Labute approximate surface area is 312 Å². The highest BCUT2D eigenvalue weighted by Crippen LogP contribution is 2.44. The van der Waals surface area contributed by atoms with Crippen molar-refractivity contribution in [2.24, 2.45) is 5.92 Å². The number of benzene rings is 4. The molecule has 2 fully saturated rings. The van der Waals surface area contributed by atoms with Crippen LogP contribution in [0.25, 0.3) is 10.8 Å². The maximum atomic E-state index is 6.49. The number of hydrogen-bond donors (Lipinski definition) is 0. The van der Waals surface area contributed by atoms with Crippen molar-refractivity contribution in [2.75, 3.05) is 11.5 Å². The van der Waals surface area contributed by atoms with Gasteiger partial charge in [0.05, 0.1) is 29.0 Å². The summed E-state index contributed by atoms with van der Waals surface area (Å²) >= 11 is 0. The zero-order valence-electron chi connectivity index (χ0n) is 33.1. The van der Waals surface area contributed by atoms with Crippen LogP contribution in [0.4, 0.5) is 17.1 Å². The Morgan fingerprint density at radius 1 is 0.635 bits per heavy atom. The van der Waals surface area contributed by atoms with Gasteiger partial charge in [-0.05, 0) is 150 Å². The minimum atomic E-state index is -0.416. The van der Waals surface area contributed by atoms with Gasteiger partial charge in [0.2, 0.25) is 0 Å². The largest absolute Gasteiger partial charge is 0.494 e. The normalized spacial score (nSPS) is 20.5. The van der Waals surface area contributed by atoms with Gasteiger partial charge in [-0.2, -0.15) is 0 Å². The fourth-order valence-corrected chi connectivity index (χ4v) is 7.53. The quantitative estimate of drug-likeness (QED) is 0.154. The Morgan fingerprint density at radius 3 is 1.63 bits per heavy atom. The highest BCUT2D eigenvalue weighted by atomic mass is 16.7. The van der Waals surface area contributed by atoms with E-state index in [1.807, 2.05) is 0 Å². The van der Waals surface area contributed by atoms with E-state index in [0.29, 0.717) is 5.92 Å². The SMILES string of the molecule is CCCCC(CC)COc1ccc2cc(N3c4ccc(B5OC(C)(C)C(C)(C)O5)cc4CCc4cc(B5OC(C)(C)C(C)(C)O5)ccc43)ccc2c1. The molecule has 3 heterocycles. The van der Waals surface area contributed by atoms with Crippen LogP contribution in [0.3, 0.4) is 0 Å². The molecule has 0 amide bonds. The second-order valence-electron chi connectivity index (χ2n) is 17.2. The summed E-state index contributed by atoms with van der Waals surface area (Å²) in [4.78, 5) is 2.42. The number of hydrogen-bond acceptors (Lipinski definition) is 6. The average Bonchev–Trinajstić information content (AvgIpc) is 3.38. The molecule has 0 aromatic heterocycles. The van der Waals surface area contributed by atoms with E-state index in [4.69, 9.17) is 23.4 Å². The minimum Gasteiger partial charge on any atom is -0.493 e. The van der Waals surface area contributed by atoms with E-state index < -0.39 is 36.6 Å². The predicted octanol–water partition coefficient (Wildman–Crippen LogP) is 9.60. The molecule has 4 aromatic carbocycles. The van der Waals surface area contributed by atoms with Crippen LogP contribution in [0.2, 0.25) is 0 Å². The van der Waals surface area contributed by atoms with Crippen LogP contribution in [0, 0.1) is 5.92 Å². The number of anilines is 3. The van der Waals surface area contributed by atoms with Crippen molar-refractivity contribution in [1.82, 2.24) is 0 Å². The van der Waals surface area contributed by atoms with E-state index in [9.17, 15) is 0 Å². The standard InChI is InChI=1S/C44H57B2NO5/c1-11-13-14-30(12-2)29-48-38-22-18-31-27-37(21-17-32(31)28-38)47-39-23-19-35(45-49-41(3,4)42(5,6)50-45)25-33(39)15-16-34-26-36(20-24-40(34)47)46-51-43(7,8)44(9,10)52-46/h17-28,30H,11-16,29H2,1-10H3. The van der Waals surface area contributed by atoms with Crippen LogP contribution >= 0.6 is 0 Å². The van der Waals surface area contributed by atoms with E-state index in [2.05, 4.69) is 147 Å². The van der Waals surface area contributed by atoms with Crippen LogP contribution in [0.5, 0.6) is 5.75 Å². The van der Waals surface area contributed by atoms with Crippen molar-refractivity contribution in [1.29, 1.82) is 0 Å². The Kier molecular flexibility index (Phi) is 9.86. The molecule has 0 aliphatic carbocycles. The second-order valence-corrected chi connectivity index (χ2v) is 17.2. The summed E-state index contributed by atoms with van der Waals surface area (Å²) in [5.74, 6) is 1.53. The van der Waals surface area contributed by atoms with Crippen molar-refractivity contribution in [3.63, 3.8) is 0 Å². The zero-order chi connectivity index (χ0) is 37.1. The molecule has 0 spiro atoms. The van der Waals surface area contributed by atoms with Gasteiger partial charge in [-0.15, -0.1) is 0 Å². The first kappa shape index (κ1) is 37.0. The lowest BCUT2D eigenvalue weighted by Gasteiger charge is -2.32. The third kappa shape index (κ3) is 6.93. The van der Waals surface area contributed by atoms with Gasteiger partial charge in [0.25, 0.3) is 0 Å². The second kappa shape index (κ2) is 13.8. The predicted molar refractivity (Wildman–Crippen MR) is 216 cm³/mol. The maximum Gasteiger partial charge on any atom is 0.494 e. The molecular weight excluding hydrogens is 644 g/mol. The van der Waals surface area contributed by atoms with Crippen LogP contribution in [0.1, 0.15) is 106 Å². The van der Waals surface area contributed by atoms with Gasteiger partial charge in [0.15, 0.2) is 0 Å². The third-order valence-electron chi connectivity index (χ3n) is 12.5. The van der Waals surface area contributed by atoms with Gasteiger partial charge in [0, 0.05) is 17.1 Å². The number of fused-ring (bicyclic) bond motifs is 3. The van der Waals surface area contributed by atoms with E-state index in [1.54, 1.807) is 0 Å². The summed E-state index contributed by atoms with van der Waals surface area (Å²) in [5.41, 5.74) is 6.45. The van der Waals surface area contributed by atoms with Crippen molar-refractivity contribution in [2.45, 2.75) is 130 Å². The summed E-state index contributed by atoms with van der Waals surface area (Å²) < 4.78 is 32.3. The maximum absolute atomic E-state index is 6.49. The monoisotopic (exact) mass is 701 g/mol. The molecule has 0 N–H and O–H groups in total. The lowest BCUT2D eigenvalue weighted by atomic mass is 9.77. The molecule has 52 heavy (non-hydrogen) atoms. The molecule has 2 saturated heterocycles. The van der Waals surface area contributed by atoms with Crippen molar-refractivity contribution >= 4 is 53.0 Å². The van der Waals surface area contributed by atoms with Crippen molar-refractivity contribution < 1.29 is 23.4 Å². The summed E-state index contributed by atoms with van der Waals surface area (Å²) in [6.07, 6.45) is 6.60. The van der Waals surface area contributed by atoms with Crippen LogP contribution in [-0.2, 0) is 31.5 Å². The molecule has 6 nitrogen and oxygen atoms in total. The molecule has 0 radical (unpaired) electrons. The lowest BCUT2D eigenvalue weighted by molar-refractivity contribution is 0.00578. The Hall–Kier alpha value is -3.29. The van der Waals surface area contributed by atoms with Gasteiger partial charge in [-0.1, -0.05) is 69.5 Å². The van der Waals surface area contributed by atoms with Crippen molar-refractivity contribution in [3.8, 4) is 5.75 Å². The van der Waals surface area contributed by atoms with Gasteiger partial charge >= 0.3 is 14.2 Å². The summed E-state index contributed by atoms with van der Waals surface area (Å²) in [6, 6.07) is 26.7. The number of nitrogens with zero attached hydrogens (tertiary/aromatic N) is 1. The lowest BCUT2D eigenvalue weighted by Crippen LogP contribution is -2.41. The Balaban J connectivity index is 1.25. The van der Waals surface area contributed by atoms with Gasteiger partial charge in [0.1, 0.15) is 5.75 Å². The molecule has 0 saturated carbocycles. The van der Waals surface area contributed by atoms with E-state index in [-0.39, 0.29) is 0 Å². The van der Waals surface area contributed by atoms with Gasteiger partial charge in [-0.3, -0.25) is 0 Å². The van der Waals surface area contributed by atoms with Gasteiger partial charge in [-0.25, -0.2) is 0 Å². The van der Waals surface area contributed by atoms with Gasteiger partial charge < -0.3 is 28.3 Å². The van der Waals surface area contributed by atoms with E-state index in [1.165, 1.54) is 52.5 Å². The molecular formula is C44H57B2NO5. The minimum absolute atomic E-state index is 0.403. The molecule has 4 aromatic rings. The summed E-state index contributed by atoms with van der Waals surface area (Å²) in [7, 11) is -0.832. The first-order valence-corrected chi connectivity index (χ1v) is 19.5. The number of aryl methyl sites for hydroxylation is 2. The summed E-state index contributed by atoms with van der Waals surface area (Å²) in [6.45, 7) is 22.2. The first-order chi connectivity index (χ1) is 24.6. The zero-order valence-corrected chi connectivity index (χ0v) is 33.1. The molecule has 1 unspecified atom stereocenters. The van der Waals surface area contributed by atoms with E-state index in [0.717, 1.165) is 48.2 Å². The first-order valence-electron chi connectivity index (χ1n) is 19.5. The van der Waals surface area contributed by atoms with Crippen molar-refractivity contribution in [3.05, 3.63) is 83.9 Å². The molecule has 0 bridgehead atoms. The van der Waals surface area contributed by atoms with E-state index >= 15 is 0 Å². The molecule has 1 atom stereocenters. The highest BCUT2D eigenvalue weighted by Gasteiger charge is 2.53. The topological polar surface area (TPSA) is 49.4 Å². The Bertz CT molecular complexity index is 1820. The van der Waals surface area contributed by atoms with Crippen LogP contribution in [0.15, 0.2) is 72.8 Å². The fourth-order valence-electron chi connectivity index (χ4n) is 7.53.